The van der Waals surface area contributed by atoms with Crippen molar-refractivity contribution >= 4 is 15.9 Å². The van der Waals surface area contributed by atoms with E-state index in [1.165, 1.54) is 6.07 Å². The molecule has 0 heterocycles. The van der Waals surface area contributed by atoms with Gasteiger partial charge in [-0.1, -0.05) is 26.0 Å². The number of benzene rings is 1. The average molecular weight is 332 g/mol. The molecule has 108 valence electrons. The number of nitrogens with zero attached hydrogens (tertiary/aromatic N) is 1. The van der Waals surface area contributed by atoms with E-state index in [-0.39, 0.29) is 11.9 Å². The molecule has 0 aliphatic rings. The Morgan fingerprint density at radius 1 is 1.37 bits per heavy atom. The molecule has 0 saturated carbocycles. The van der Waals surface area contributed by atoms with Crippen LogP contribution in [0, 0.1) is 5.82 Å². The molecule has 0 bridgehead atoms. The minimum atomic E-state index is -0.225. The van der Waals surface area contributed by atoms with E-state index in [0.717, 1.165) is 38.0 Å². The van der Waals surface area contributed by atoms with Crippen LogP contribution in [0.4, 0.5) is 4.39 Å². The molecule has 1 unspecified atom stereocenters. The van der Waals surface area contributed by atoms with E-state index >= 15 is 0 Å². The molecular formula is C14H23BrFN3. The maximum Gasteiger partial charge on any atom is 0.137 e. The molecule has 1 rings (SSSR count). The van der Waals surface area contributed by atoms with Crippen LogP contribution in [0.25, 0.3) is 0 Å². The Bertz CT molecular complexity index is 383. The molecule has 5 heteroatoms. The van der Waals surface area contributed by atoms with Crippen molar-refractivity contribution in [3.05, 3.63) is 34.1 Å². The molecule has 3 nitrogen and oxygen atoms in total. The quantitative estimate of drug-likeness (QED) is 0.568. The normalized spacial score (nSPS) is 12.9. The molecular weight excluding hydrogens is 309 g/mol. The van der Waals surface area contributed by atoms with E-state index in [1.807, 2.05) is 6.07 Å². The molecule has 0 saturated heterocycles. The predicted octanol–water partition coefficient (Wildman–Crippen LogP) is 2.69. The highest BCUT2D eigenvalue weighted by Gasteiger charge is 2.13. The molecule has 0 radical (unpaired) electrons. The van der Waals surface area contributed by atoms with Crippen LogP contribution in [0.1, 0.15) is 25.8 Å². The molecule has 1 aromatic rings. The summed E-state index contributed by atoms with van der Waals surface area (Å²) in [5.74, 6) is 5.38. The standard InChI is InChI=1S/C14H23BrFN3/c1-3-19(4-2)9-8-12(18-17)10-11-6-5-7-13(16)14(11)15/h5-7,12,18H,3-4,8-10,17H2,1-2H3. The van der Waals surface area contributed by atoms with Crippen LogP contribution in [0.5, 0.6) is 0 Å². The highest BCUT2D eigenvalue weighted by Crippen LogP contribution is 2.22. The van der Waals surface area contributed by atoms with Crippen molar-refractivity contribution in [3.63, 3.8) is 0 Å². The summed E-state index contributed by atoms with van der Waals surface area (Å²) in [5.41, 5.74) is 3.78. The van der Waals surface area contributed by atoms with Crippen LogP contribution in [0.3, 0.4) is 0 Å². The highest BCUT2D eigenvalue weighted by atomic mass is 79.9. The monoisotopic (exact) mass is 331 g/mol. The van der Waals surface area contributed by atoms with Crippen LogP contribution < -0.4 is 11.3 Å². The van der Waals surface area contributed by atoms with Gasteiger partial charge in [0.1, 0.15) is 5.82 Å². The van der Waals surface area contributed by atoms with Gasteiger partial charge >= 0.3 is 0 Å². The lowest BCUT2D eigenvalue weighted by Crippen LogP contribution is -2.39. The van der Waals surface area contributed by atoms with Crippen molar-refractivity contribution in [1.29, 1.82) is 0 Å². The Labute approximate surface area is 123 Å². The first kappa shape index (κ1) is 16.6. The largest absolute Gasteiger partial charge is 0.304 e. The van der Waals surface area contributed by atoms with E-state index in [4.69, 9.17) is 5.84 Å². The van der Waals surface area contributed by atoms with Crippen LogP contribution in [-0.4, -0.2) is 30.6 Å². The zero-order valence-corrected chi connectivity index (χ0v) is 13.2. The maximum atomic E-state index is 13.5. The lowest BCUT2D eigenvalue weighted by atomic mass is 10.0. The zero-order valence-electron chi connectivity index (χ0n) is 11.6. The minimum absolute atomic E-state index is 0.152. The molecule has 0 fully saturated rings. The van der Waals surface area contributed by atoms with Crippen molar-refractivity contribution in [2.24, 2.45) is 5.84 Å². The number of hydrogen-bond acceptors (Lipinski definition) is 3. The molecule has 0 amide bonds. The summed E-state index contributed by atoms with van der Waals surface area (Å²) in [4.78, 5) is 2.35. The Morgan fingerprint density at radius 3 is 2.63 bits per heavy atom. The lowest BCUT2D eigenvalue weighted by Gasteiger charge is -2.22. The van der Waals surface area contributed by atoms with Gasteiger partial charge in [0, 0.05) is 6.04 Å². The molecule has 0 aromatic heterocycles. The molecule has 1 atom stereocenters. The molecule has 19 heavy (non-hydrogen) atoms. The zero-order chi connectivity index (χ0) is 14.3. The van der Waals surface area contributed by atoms with Crippen molar-refractivity contribution in [3.8, 4) is 0 Å². The summed E-state index contributed by atoms with van der Waals surface area (Å²) in [6.07, 6.45) is 1.66. The second-order valence-corrected chi connectivity index (χ2v) is 5.39. The Hall–Kier alpha value is -0.490. The first-order chi connectivity index (χ1) is 9.12. The van der Waals surface area contributed by atoms with Crippen molar-refractivity contribution in [2.75, 3.05) is 19.6 Å². The first-order valence-corrected chi connectivity index (χ1v) is 7.53. The third-order valence-electron chi connectivity index (χ3n) is 3.42. The van der Waals surface area contributed by atoms with E-state index in [9.17, 15) is 4.39 Å². The summed E-state index contributed by atoms with van der Waals surface area (Å²) in [6, 6.07) is 5.26. The number of nitrogens with two attached hydrogens (primary N) is 1. The fourth-order valence-corrected chi connectivity index (χ4v) is 2.52. The van der Waals surface area contributed by atoms with Gasteiger partial charge in [-0.3, -0.25) is 11.3 Å². The van der Waals surface area contributed by atoms with Crippen LogP contribution >= 0.6 is 15.9 Å². The molecule has 0 aliphatic carbocycles. The second-order valence-electron chi connectivity index (χ2n) is 4.60. The smallest absolute Gasteiger partial charge is 0.137 e. The number of nitrogens with one attached hydrogen (secondary N) is 1. The summed E-state index contributed by atoms with van der Waals surface area (Å²) < 4.78 is 14.0. The average Bonchev–Trinajstić information content (AvgIpc) is 2.43. The maximum absolute atomic E-state index is 13.5. The Balaban J connectivity index is 2.59. The molecule has 0 aliphatic heterocycles. The number of hydrazine groups is 1. The van der Waals surface area contributed by atoms with Gasteiger partial charge in [-0.05, 0) is 60.0 Å². The van der Waals surface area contributed by atoms with Crippen molar-refractivity contribution in [1.82, 2.24) is 10.3 Å². The fourth-order valence-electron chi connectivity index (χ4n) is 2.09. The van der Waals surface area contributed by atoms with E-state index in [2.05, 4.69) is 40.1 Å². The summed E-state index contributed by atoms with van der Waals surface area (Å²) in [5, 5.41) is 0. The van der Waals surface area contributed by atoms with Crippen LogP contribution in [0.2, 0.25) is 0 Å². The number of hydrogen-bond donors (Lipinski definition) is 2. The predicted molar refractivity (Wildman–Crippen MR) is 81.3 cm³/mol. The third-order valence-corrected chi connectivity index (χ3v) is 4.31. The fraction of sp³-hybridized carbons (Fsp3) is 0.571. The topological polar surface area (TPSA) is 41.3 Å². The Morgan fingerprint density at radius 2 is 2.05 bits per heavy atom. The van der Waals surface area contributed by atoms with Gasteiger partial charge in [-0.15, -0.1) is 0 Å². The lowest BCUT2D eigenvalue weighted by molar-refractivity contribution is 0.280. The van der Waals surface area contributed by atoms with Gasteiger partial charge < -0.3 is 4.90 Å². The van der Waals surface area contributed by atoms with Gasteiger partial charge in [0.25, 0.3) is 0 Å². The van der Waals surface area contributed by atoms with Crippen molar-refractivity contribution in [2.45, 2.75) is 32.7 Å². The van der Waals surface area contributed by atoms with Crippen LogP contribution in [0.15, 0.2) is 22.7 Å². The number of rotatable bonds is 8. The summed E-state index contributed by atoms with van der Waals surface area (Å²) in [7, 11) is 0. The van der Waals surface area contributed by atoms with Gasteiger partial charge in [-0.25, -0.2) is 4.39 Å². The Kier molecular flexibility index (Phi) is 7.53. The van der Waals surface area contributed by atoms with Gasteiger partial charge in [0.05, 0.1) is 4.47 Å². The van der Waals surface area contributed by atoms with E-state index in [0.29, 0.717) is 4.47 Å². The second kappa shape index (κ2) is 8.64. The SMILES string of the molecule is CCN(CC)CCC(Cc1cccc(F)c1Br)NN. The van der Waals surface area contributed by atoms with E-state index < -0.39 is 0 Å². The van der Waals surface area contributed by atoms with Crippen LogP contribution in [-0.2, 0) is 6.42 Å². The third kappa shape index (κ3) is 5.18. The van der Waals surface area contributed by atoms with E-state index in [1.54, 1.807) is 6.07 Å². The minimum Gasteiger partial charge on any atom is -0.304 e. The van der Waals surface area contributed by atoms with Gasteiger partial charge in [0.15, 0.2) is 0 Å². The first-order valence-electron chi connectivity index (χ1n) is 6.73. The van der Waals surface area contributed by atoms with Crippen molar-refractivity contribution < 1.29 is 4.39 Å². The number of halogens is 2. The highest BCUT2D eigenvalue weighted by molar-refractivity contribution is 9.10. The molecule has 3 N–H and O–H groups in total. The summed E-state index contributed by atoms with van der Waals surface area (Å²) in [6.45, 7) is 7.37. The summed E-state index contributed by atoms with van der Waals surface area (Å²) >= 11 is 3.29. The van der Waals surface area contributed by atoms with Gasteiger partial charge in [-0.2, -0.15) is 0 Å². The molecule has 1 aromatic carbocycles. The van der Waals surface area contributed by atoms with Gasteiger partial charge in [0.2, 0.25) is 0 Å². The molecule has 0 spiro atoms.